The second kappa shape index (κ2) is 13.3. The number of aryl methyl sites for hydroxylation is 1. The van der Waals surface area contributed by atoms with Gasteiger partial charge in [-0.3, -0.25) is 4.79 Å². The van der Waals surface area contributed by atoms with Gasteiger partial charge in [0.15, 0.2) is 0 Å². The quantitative estimate of drug-likeness (QED) is 0.243. The van der Waals surface area contributed by atoms with Crippen LogP contribution >= 0.6 is 22.9 Å². The standard InChI is InChI=1S/C30H32ClN3O2S.CH5N/c1-3-36-25-15-13-20(23-14-16-27(32)33-19(23)2)17-21(25)18-34(22-9-5-4-6-10-22)30(35)29-28(31)24-11-7-8-12-26(24)37-29;1-2/h7-8,11-17,22H,3-6,9-10,18H2,1-2H3,(H2,32,33);2H2,1H3. The largest absolute Gasteiger partial charge is 0.494 e. The fourth-order valence-corrected chi connectivity index (χ4v) is 6.75. The number of amides is 1. The number of ether oxygens (including phenoxy) is 1. The van der Waals surface area contributed by atoms with Crippen LogP contribution in [0.1, 0.15) is 60.0 Å². The molecule has 2 heterocycles. The fraction of sp³-hybridized carbons (Fsp3) is 0.355. The molecule has 2 aromatic carbocycles. The van der Waals surface area contributed by atoms with Gasteiger partial charge in [0.25, 0.3) is 5.91 Å². The van der Waals surface area contributed by atoms with Crippen molar-refractivity contribution >= 4 is 44.7 Å². The van der Waals surface area contributed by atoms with E-state index in [1.807, 2.05) is 67.3 Å². The van der Waals surface area contributed by atoms with Gasteiger partial charge >= 0.3 is 0 Å². The normalized spacial score (nSPS) is 13.6. The fourth-order valence-electron chi connectivity index (χ4n) is 5.28. The van der Waals surface area contributed by atoms with E-state index < -0.39 is 0 Å². The first-order valence-corrected chi connectivity index (χ1v) is 14.7. The van der Waals surface area contributed by atoms with E-state index >= 15 is 0 Å². The number of thiophene rings is 1. The molecule has 0 bridgehead atoms. The minimum absolute atomic E-state index is 0.00344. The molecule has 1 saturated carbocycles. The van der Waals surface area contributed by atoms with Crippen molar-refractivity contribution < 1.29 is 9.53 Å². The molecular weight excluding hydrogens is 528 g/mol. The van der Waals surface area contributed by atoms with Crippen molar-refractivity contribution in [2.24, 2.45) is 5.73 Å². The number of nitrogens with zero attached hydrogens (tertiary/aromatic N) is 2. The number of halogens is 1. The average Bonchev–Trinajstić information content (AvgIpc) is 3.30. The van der Waals surface area contributed by atoms with Crippen molar-refractivity contribution in [2.75, 3.05) is 19.4 Å². The van der Waals surface area contributed by atoms with E-state index in [0.29, 0.717) is 28.9 Å². The molecule has 0 atom stereocenters. The second-order valence-electron chi connectivity index (χ2n) is 9.59. The molecule has 0 radical (unpaired) electrons. The summed E-state index contributed by atoms with van der Waals surface area (Å²) in [5.74, 6) is 1.29. The van der Waals surface area contributed by atoms with Gasteiger partial charge in [0.1, 0.15) is 16.4 Å². The predicted molar refractivity (Wildman–Crippen MR) is 164 cm³/mol. The third-order valence-electron chi connectivity index (χ3n) is 7.12. The van der Waals surface area contributed by atoms with Crippen LogP contribution in [-0.4, -0.2) is 35.5 Å². The average molecular weight is 565 g/mol. The summed E-state index contributed by atoms with van der Waals surface area (Å²) in [4.78, 5) is 21.2. The van der Waals surface area contributed by atoms with Crippen molar-refractivity contribution in [3.05, 3.63) is 75.8 Å². The lowest BCUT2D eigenvalue weighted by atomic mass is 9.93. The molecule has 8 heteroatoms. The van der Waals surface area contributed by atoms with E-state index in [0.717, 1.165) is 63.9 Å². The molecule has 206 valence electrons. The van der Waals surface area contributed by atoms with Crippen molar-refractivity contribution in [1.82, 2.24) is 9.88 Å². The molecule has 0 unspecified atom stereocenters. The van der Waals surface area contributed by atoms with Gasteiger partial charge in [-0.15, -0.1) is 11.3 Å². The number of hydrogen-bond acceptors (Lipinski definition) is 6. The van der Waals surface area contributed by atoms with Crippen LogP contribution in [0, 0.1) is 6.92 Å². The monoisotopic (exact) mass is 564 g/mol. The molecule has 6 nitrogen and oxygen atoms in total. The maximum Gasteiger partial charge on any atom is 0.266 e. The van der Waals surface area contributed by atoms with Crippen LogP contribution in [0.4, 0.5) is 5.82 Å². The number of carbonyl (C=O) groups excluding carboxylic acids is 1. The van der Waals surface area contributed by atoms with Crippen LogP contribution in [0.25, 0.3) is 21.2 Å². The predicted octanol–water partition coefficient (Wildman–Crippen LogP) is 7.46. The van der Waals surface area contributed by atoms with Crippen LogP contribution in [0.15, 0.2) is 54.6 Å². The molecule has 0 aliphatic heterocycles. The molecule has 4 N–H and O–H groups in total. The number of nitrogen functional groups attached to an aromatic ring is 1. The summed E-state index contributed by atoms with van der Waals surface area (Å²) < 4.78 is 7.06. The number of pyridine rings is 1. The van der Waals surface area contributed by atoms with Crippen molar-refractivity contribution in [3.8, 4) is 16.9 Å². The Morgan fingerprint density at radius 2 is 1.85 bits per heavy atom. The van der Waals surface area contributed by atoms with E-state index in [-0.39, 0.29) is 11.9 Å². The van der Waals surface area contributed by atoms with E-state index in [1.165, 1.54) is 24.8 Å². The van der Waals surface area contributed by atoms with E-state index in [2.05, 4.69) is 16.8 Å². The summed E-state index contributed by atoms with van der Waals surface area (Å²) in [5, 5.41) is 1.48. The zero-order chi connectivity index (χ0) is 27.9. The number of nitrogens with two attached hydrogens (primary N) is 2. The minimum Gasteiger partial charge on any atom is -0.494 e. The molecule has 5 rings (SSSR count). The Bertz CT molecular complexity index is 1430. The van der Waals surface area contributed by atoms with Crippen LogP contribution < -0.4 is 16.2 Å². The van der Waals surface area contributed by atoms with Crippen LogP contribution in [0.5, 0.6) is 5.75 Å². The highest BCUT2D eigenvalue weighted by Crippen LogP contribution is 2.38. The highest BCUT2D eigenvalue weighted by atomic mass is 35.5. The number of aromatic nitrogens is 1. The van der Waals surface area contributed by atoms with Gasteiger partial charge in [-0.05, 0) is 69.6 Å². The summed E-state index contributed by atoms with van der Waals surface area (Å²) in [6.45, 7) is 4.95. The second-order valence-corrected chi connectivity index (χ2v) is 11.0. The Labute approximate surface area is 239 Å². The summed E-state index contributed by atoms with van der Waals surface area (Å²) in [6, 6.07) is 18.1. The minimum atomic E-state index is -0.00344. The molecule has 1 amide bonds. The van der Waals surface area contributed by atoms with E-state index in [4.69, 9.17) is 22.1 Å². The number of carbonyl (C=O) groups is 1. The first kappa shape index (κ1) is 28.9. The number of rotatable bonds is 7. The summed E-state index contributed by atoms with van der Waals surface area (Å²) in [6.07, 6.45) is 5.47. The van der Waals surface area contributed by atoms with E-state index in [1.54, 1.807) is 0 Å². The lowest BCUT2D eigenvalue weighted by molar-refractivity contribution is 0.0617. The summed E-state index contributed by atoms with van der Waals surface area (Å²) in [7, 11) is 1.50. The van der Waals surface area contributed by atoms with Gasteiger partial charge in [-0.25, -0.2) is 4.98 Å². The third-order valence-corrected chi connectivity index (χ3v) is 8.79. The highest BCUT2D eigenvalue weighted by molar-refractivity contribution is 7.21. The molecule has 2 aromatic heterocycles. The lowest BCUT2D eigenvalue weighted by Gasteiger charge is -2.35. The van der Waals surface area contributed by atoms with Crippen LogP contribution in [0.3, 0.4) is 0 Å². The Morgan fingerprint density at radius 1 is 1.10 bits per heavy atom. The Morgan fingerprint density at radius 3 is 2.54 bits per heavy atom. The van der Waals surface area contributed by atoms with Crippen molar-refractivity contribution in [1.29, 1.82) is 0 Å². The van der Waals surface area contributed by atoms with Crippen LogP contribution in [-0.2, 0) is 6.54 Å². The van der Waals surface area contributed by atoms with Crippen molar-refractivity contribution in [3.63, 3.8) is 0 Å². The lowest BCUT2D eigenvalue weighted by Crippen LogP contribution is -2.40. The Hall–Kier alpha value is -3.13. The molecule has 1 aliphatic carbocycles. The van der Waals surface area contributed by atoms with Gasteiger partial charge in [-0.1, -0.05) is 55.1 Å². The smallest absolute Gasteiger partial charge is 0.266 e. The van der Waals surface area contributed by atoms with Crippen LogP contribution in [0.2, 0.25) is 5.02 Å². The highest BCUT2D eigenvalue weighted by Gasteiger charge is 2.30. The molecular formula is C31H37ClN4O2S. The maximum atomic E-state index is 14.1. The van der Waals surface area contributed by atoms with E-state index in [9.17, 15) is 4.79 Å². The molecule has 4 aromatic rings. The Balaban J connectivity index is 0.00000172. The summed E-state index contributed by atoms with van der Waals surface area (Å²) >= 11 is 8.25. The molecule has 39 heavy (non-hydrogen) atoms. The first-order valence-electron chi connectivity index (χ1n) is 13.5. The number of fused-ring (bicyclic) bond motifs is 1. The third kappa shape index (κ3) is 6.38. The van der Waals surface area contributed by atoms with Gasteiger partial charge in [0.05, 0.1) is 11.6 Å². The number of hydrogen-bond donors (Lipinski definition) is 2. The Kier molecular flexibility index (Phi) is 9.83. The molecule has 0 spiro atoms. The topological polar surface area (TPSA) is 94.5 Å². The zero-order valence-electron chi connectivity index (χ0n) is 22.9. The van der Waals surface area contributed by atoms with Crippen molar-refractivity contribution in [2.45, 2.75) is 58.5 Å². The molecule has 0 saturated heterocycles. The SMILES string of the molecule is CCOc1ccc(-c2ccc(N)nc2C)cc1CN(C(=O)c1sc2ccccc2c1Cl)C1CCCCC1.CN. The molecule has 1 fully saturated rings. The zero-order valence-corrected chi connectivity index (χ0v) is 24.4. The first-order chi connectivity index (χ1) is 19.0. The van der Waals surface area contributed by atoms with Gasteiger partial charge < -0.3 is 21.1 Å². The number of anilines is 1. The maximum absolute atomic E-state index is 14.1. The number of benzene rings is 2. The summed E-state index contributed by atoms with van der Waals surface area (Å²) in [5.41, 5.74) is 14.3. The van der Waals surface area contributed by atoms with Gasteiger partial charge in [-0.2, -0.15) is 0 Å². The molecule has 1 aliphatic rings. The van der Waals surface area contributed by atoms with Gasteiger partial charge in [0, 0.05) is 39.5 Å². The van der Waals surface area contributed by atoms with Gasteiger partial charge in [0.2, 0.25) is 0 Å².